The molecule has 0 aliphatic carbocycles. The Morgan fingerprint density at radius 2 is 2.07 bits per heavy atom. The minimum atomic E-state index is -2.35. The molecule has 0 saturated carbocycles. The summed E-state index contributed by atoms with van der Waals surface area (Å²) in [5.41, 5.74) is 2.86. The molecule has 29 heavy (non-hydrogen) atoms. The number of carbonyl (C=O) groups is 1. The van der Waals surface area contributed by atoms with E-state index in [0.29, 0.717) is 32.5 Å². The first-order valence-corrected chi connectivity index (χ1v) is 9.87. The third-order valence-corrected chi connectivity index (χ3v) is 5.36. The number of aromatic nitrogens is 1. The molecule has 1 fully saturated rings. The molecule has 1 aliphatic rings. The molecule has 2 heterocycles. The molecule has 1 atom stereocenters. The van der Waals surface area contributed by atoms with Gasteiger partial charge in [0.2, 0.25) is 0 Å². The van der Waals surface area contributed by atoms with Crippen molar-refractivity contribution in [2.24, 2.45) is 0 Å². The molecule has 1 saturated heterocycles. The summed E-state index contributed by atoms with van der Waals surface area (Å²) < 4.78 is 32.3. The highest BCUT2D eigenvalue weighted by Crippen LogP contribution is 2.23. The Balaban J connectivity index is 2.06. The SMILES string of the molecule is COCC(C)n1c(C)cc(/C=C(/C#N)C(=O)NC2CCN(CC(F)F)CC2)c1C. The van der Waals surface area contributed by atoms with E-state index in [-0.39, 0.29) is 24.2 Å². The lowest BCUT2D eigenvalue weighted by molar-refractivity contribution is -0.118. The van der Waals surface area contributed by atoms with Crippen LogP contribution in [0.4, 0.5) is 8.78 Å². The van der Waals surface area contributed by atoms with Crippen LogP contribution in [0.15, 0.2) is 11.6 Å². The molecular weight excluding hydrogens is 378 g/mol. The van der Waals surface area contributed by atoms with E-state index in [4.69, 9.17) is 4.74 Å². The largest absolute Gasteiger partial charge is 0.383 e. The van der Waals surface area contributed by atoms with Crippen LogP contribution in [0.3, 0.4) is 0 Å². The topological polar surface area (TPSA) is 70.3 Å². The van der Waals surface area contributed by atoms with Gasteiger partial charge in [-0.15, -0.1) is 0 Å². The van der Waals surface area contributed by atoms with Gasteiger partial charge in [0.05, 0.1) is 19.2 Å². The third kappa shape index (κ3) is 6.12. The number of methoxy groups -OCH3 is 1. The van der Waals surface area contributed by atoms with Crippen LogP contribution in [0, 0.1) is 25.2 Å². The zero-order valence-electron chi connectivity index (χ0n) is 17.5. The Labute approximate surface area is 171 Å². The number of hydrogen-bond acceptors (Lipinski definition) is 4. The predicted octanol–water partition coefficient (Wildman–Crippen LogP) is 3.07. The lowest BCUT2D eigenvalue weighted by atomic mass is 10.0. The molecule has 1 aromatic heterocycles. The van der Waals surface area contributed by atoms with E-state index in [2.05, 4.69) is 16.8 Å². The van der Waals surface area contributed by atoms with E-state index in [9.17, 15) is 18.8 Å². The Morgan fingerprint density at radius 3 is 2.62 bits per heavy atom. The van der Waals surface area contributed by atoms with Crippen molar-refractivity contribution in [1.29, 1.82) is 5.26 Å². The Bertz CT molecular complexity index is 774. The van der Waals surface area contributed by atoms with E-state index in [1.165, 1.54) is 0 Å². The molecule has 2 rings (SSSR count). The Morgan fingerprint density at radius 1 is 1.41 bits per heavy atom. The summed E-state index contributed by atoms with van der Waals surface area (Å²) in [5, 5.41) is 12.4. The van der Waals surface area contributed by atoms with Gasteiger partial charge in [0.25, 0.3) is 12.3 Å². The number of likely N-dealkylation sites (tertiary alicyclic amines) is 1. The van der Waals surface area contributed by atoms with Crippen molar-refractivity contribution in [3.63, 3.8) is 0 Å². The fourth-order valence-electron chi connectivity index (χ4n) is 3.96. The Kier molecular flexibility index (Phi) is 8.35. The van der Waals surface area contributed by atoms with Gasteiger partial charge in [-0.25, -0.2) is 8.78 Å². The summed E-state index contributed by atoms with van der Waals surface area (Å²) in [7, 11) is 1.65. The average Bonchev–Trinajstić information content (AvgIpc) is 2.94. The zero-order valence-corrected chi connectivity index (χ0v) is 17.5. The predicted molar refractivity (Wildman–Crippen MR) is 108 cm³/mol. The van der Waals surface area contributed by atoms with Crippen molar-refractivity contribution in [2.45, 2.75) is 52.1 Å². The number of halogens is 2. The number of nitrogens with one attached hydrogen (secondary N) is 1. The number of aryl methyl sites for hydroxylation is 1. The standard InChI is InChI=1S/C21H30F2N4O2/c1-14-9-17(16(3)27(14)15(2)13-29-4)10-18(11-24)21(28)25-19-5-7-26(8-6-19)12-20(22)23/h9-10,15,19-20H,5-8,12-13H2,1-4H3,(H,25,28)/b18-10-. The summed E-state index contributed by atoms with van der Waals surface area (Å²) in [4.78, 5) is 14.3. The molecule has 0 aromatic carbocycles. The lowest BCUT2D eigenvalue weighted by Gasteiger charge is -2.31. The molecule has 160 valence electrons. The molecule has 0 bridgehead atoms. The first-order chi connectivity index (χ1) is 13.8. The smallest absolute Gasteiger partial charge is 0.262 e. The Hall–Kier alpha value is -2.24. The second-order valence-electron chi connectivity index (χ2n) is 7.61. The first-order valence-electron chi connectivity index (χ1n) is 9.87. The summed E-state index contributed by atoms with van der Waals surface area (Å²) in [6.45, 7) is 7.34. The van der Waals surface area contributed by atoms with Crippen molar-refractivity contribution < 1.29 is 18.3 Å². The van der Waals surface area contributed by atoms with Crippen molar-refractivity contribution in [1.82, 2.24) is 14.8 Å². The van der Waals surface area contributed by atoms with E-state index in [1.54, 1.807) is 18.1 Å². The number of rotatable bonds is 8. The normalized spacial score (nSPS) is 17.4. The van der Waals surface area contributed by atoms with Gasteiger partial charge in [0.1, 0.15) is 11.6 Å². The van der Waals surface area contributed by atoms with Gasteiger partial charge in [-0.2, -0.15) is 5.26 Å². The molecule has 1 aliphatic heterocycles. The number of carbonyl (C=O) groups excluding carboxylic acids is 1. The van der Waals surface area contributed by atoms with Crippen molar-refractivity contribution in [2.75, 3.05) is 33.4 Å². The van der Waals surface area contributed by atoms with Crippen LogP contribution in [-0.4, -0.2) is 61.2 Å². The van der Waals surface area contributed by atoms with Gasteiger partial charge in [0.15, 0.2) is 0 Å². The highest BCUT2D eigenvalue weighted by atomic mass is 19.3. The fourth-order valence-corrected chi connectivity index (χ4v) is 3.96. The van der Waals surface area contributed by atoms with Crippen LogP contribution in [0.2, 0.25) is 0 Å². The molecular formula is C21H30F2N4O2. The molecule has 1 N–H and O–H groups in total. The maximum atomic E-state index is 12.6. The van der Waals surface area contributed by atoms with Crippen LogP contribution in [-0.2, 0) is 9.53 Å². The number of alkyl halides is 2. The van der Waals surface area contributed by atoms with Gasteiger partial charge in [-0.3, -0.25) is 9.69 Å². The van der Waals surface area contributed by atoms with Crippen molar-refractivity contribution in [3.8, 4) is 6.07 Å². The van der Waals surface area contributed by atoms with Gasteiger partial charge < -0.3 is 14.6 Å². The number of ether oxygens (including phenoxy) is 1. The van der Waals surface area contributed by atoms with E-state index >= 15 is 0 Å². The maximum absolute atomic E-state index is 12.6. The van der Waals surface area contributed by atoms with Gasteiger partial charge in [-0.05, 0) is 51.3 Å². The summed E-state index contributed by atoms with van der Waals surface area (Å²) >= 11 is 0. The number of piperidine rings is 1. The molecule has 1 amide bonds. The minimum Gasteiger partial charge on any atom is -0.383 e. The highest BCUT2D eigenvalue weighted by molar-refractivity contribution is 6.02. The van der Waals surface area contributed by atoms with Gasteiger partial charge in [-0.1, -0.05) is 0 Å². The quantitative estimate of drug-likeness (QED) is 0.530. The minimum absolute atomic E-state index is 0.0413. The van der Waals surface area contributed by atoms with Crippen LogP contribution < -0.4 is 5.32 Å². The molecule has 1 unspecified atom stereocenters. The monoisotopic (exact) mass is 408 g/mol. The van der Waals surface area contributed by atoms with Crippen molar-refractivity contribution in [3.05, 3.63) is 28.6 Å². The summed E-state index contributed by atoms with van der Waals surface area (Å²) in [6.07, 6.45) is 0.458. The second kappa shape index (κ2) is 10.5. The molecule has 1 aromatic rings. The number of hydrogen-bond donors (Lipinski definition) is 1. The number of amides is 1. The van der Waals surface area contributed by atoms with Crippen LogP contribution >= 0.6 is 0 Å². The van der Waals surface area contributed by atoms with Gasteiger partial charge in [0, 0.05) is 37.6 Å². The van der Waals surface area contributed by atoms with E-state index in [0.717, 1.165) is 17.0 Å². The maximum Gasteiger partial charge on any atom is 0.262 e. The van der Waals surface area contributed by atoms with Gasteiger partial charge >= 0.3 is 0 Å². The number of nitriles is 1. The molecule has 0 radical (unpaired) electrons. The first kappa shape index (κ1) is 23.0. The summed E-state index contributed by atoms with van der Waals surface area (Å²) in [5.74, 6) is -0.422. The second-order valence-corrected chi connectivity index (χ2v) is 7.61. The average molecular weight is 408 g/mol. The fraction of sp³-hybridized carbons (Fsp3) is 0.619. The molecule has 8 heteroatoms. The molecule has 0 spiro atoms. The number of nitrogens with zero attached hydrogens (tertiary/aromatic N) is 3. The van der Waals surface area contributed by atoms with E-state index < -0.39 is 12.3 Å². The van der Waals surface area contributed by atoms with Crippen molar-refractivity contribution >= 4 is 12.0 Å². The van der Waals surface area contributed by atoms with Crippen LogP contribution in [0.1, 0.15) is 42.8 Å². The molecule has 6 nitrogen and oxygen atoms in total. The van der Waals surface area contributed by atoms with Crippen LogP contribution in [0.25, 0.3) is 6.08 Å². The third-order valence-electron chi connectivity index (χ3n) is 5.36. The van der Waals surface area contributed by atoms with Crippen LogP contribution in [0.5, 0.6) is 0 Å². The lowest BCUT2D eigenvalue weighted by Crippen LogP contribution is -2.46. The zero-order chi connectivity index (χ0) is 21.6. The highest BCUT2D eigenvalue weighted by Gasteiger charge is 2.24. The summed E-state index contributed by atoms with van der Waals surface area (Å²) in [6, 6.07) is 3.97. The van der Waals surface area contributed by atoms with E-state index in [1.807, 2.05) is 26.0 Å².